The van der Waals surface area contributed by atoms with Crippen LogP contribution in [-0.2, 0) is 16.1 Å². The summed E-state index contributed by atoms with van der Waals surface area (Å²) in [5.41, 5.74) is -0.203. The summed E-state index contributed by atoms with van der Waals surface area (Å²) in [5.74, 6) is -0.364. The first kappa shape index (κ1) is 13.6. The molecule has 0 spiro atoms. The van der Waals surface area contributed by atoms with Gasteiger partial charge in [-0.2, -0.15) is 10.2 Å². The molecule has 0 aliphatic carbocycles. The number of hydrogen-bond donors (Lipinski definition) is 1. The van der Waals surface area contributed by atoms with E-state index in [4.69, 9.17) is 4.74 Å². The zero-order valence-electron chi connectivity index (χ0n) is 11.2. The number of aromatic nitrogens is 6. The Bertz CT molecular complexity index is 623. The summed E-state index contributed by atoms with van der Waals surface area (Å²) in [7, 11) is 0. The monoisotopic (exact) mass is 290 g/mol. The number of ether oxygens (including phenoxy) is 1. The predicted octanol–water partition coefficient (Wildman–Crippen LogP) is 0.0115. The highest BCUT2D eigenvalue weighted by molar-refractivity contribution is 5.74. The van der Waals surface area contributed by atoms with Crippen molar-refractivity contribution >= 4 is 5.97 Å². The smallest absolute Gasteiger partial charge is 0.311 e. The number of hydrogen-bond acceptors (Lipinski definition) is 7. The van der Waals surface area contributed by atoms with Gasteiger partial charge in [0.25, 0.3) is 0 Å². The van der Waals surface area contributed by atoms with Crippen LogP contribution in [0.5, 0.6) is 0 Å². The average molecular weight is 290 g/mol. The molecule has 2 aromatic heterocycles. The van der Waals surface area contributed by atoms with Crippen molar-refractivity contribution < 1.29 is 14.6 Å². The van der Waals surface area contributed by atoms with E-state index in [-0.39, 0.29) is 6.54 Å². The SMILES string of the molecule is O=C(O)C1(Cn2nnnc2-c2ccnnc2)CCOCC1. The Morgan fingerprint density at radius 3 is 2.86 bits per heavy atom. The first-order valence-electron chi connectivity index (χ1n) is 6.56. The normalized spacial score (nSPS) is 17.5. The number of rotatable bonds is 4. The number of tetrazole rings is 1. The standard InChI is InChI=1S/C12H14N6O3/c19-11(20)12(2-5-21-6-3-12)8-18-10(15-16-17-18)9-1-4-13-14-7-9/h1,4,7H,2-3,5-6,8H2,(H,19,20). The number of carbonyl (C=O) groups is 1. The molecule has 0 unspecified atom stereocenters. The molecule has 9 nitrogen and oxygen atoms in total. The first-order valence-corrected chi connectivity index (χ1v) is 6.56. The minimum Gasteiger partial charge on any atom is -0.481 e. The van der Waals surface area contributed by atoms with E-state index in [1.807, 2.05) is 0 Å². The molecule has 3 heterocycles. The number of carboxylic acids is 1. The van der Waals surface area contributed by atoms with Gasteiger partial charge in [0.2, 0.25) is 0 Å². The zero-order chi connectivity index (χ0) is 14.7. The van der Waals surface area contributed by atoms with E-state index in [1.54, 1.807) is 12.3 Å². The summed E-state index contributed by atoms with van der Waals surface area (Å²) in [6.45, 7) is 1.07. The fourth-order valence-corrected chi connectivity index (χ4v) is 2.43. The van der Waals surface area contributed by atoms with Crippen LogP contribution in [0.3, 0.4) is 0 Å². The molecule has 1 fully saturated rings. The molecule has 0 saturated carbocycles. The lowest BCUT2D eigenvalue weighted by Crippen LogP contribution is -2.41. The topological polar surface area (TPSA) is 116 Å². The van der Waals surface area contributed by atoms with Gasteiger partial charge in [-0.05, 0) is 29.3 Å². The quantitative estimate of drug-likeness (QED) is 0.837. The lowest BCUT2D eigenvalue weighted by atomic mass is 9.80. The van der Waals surface area contributed by atoms with Gasteiger partial charge in [0.05, 0.1) is 24.4 Å². The summed E-state index contributed by atoms with van der Waals surface area (Å²) >= 11 is 0. The summed E-state index contributed by atoms with van der Waals surface area (Å²) in [6.07, 6.45) is 3.96. The largest absolute Gasteiger partial charge is 0.481 e. The molecule has 1 aliphatic heterocycles. The van der Waals surface area contributed by atoms with E-state index >= 15 is 0 Å². The lowest BCUT2D eigenvalue weighted by molar-refractivity contribution is -0.156. The maximum Gasteiger partial charge on any atom is 0.311 e. The van der Waals surface area contributed by atoms with E-state index in [2.05, 4.69) is 25.7 Å². The van der Waals surface area contributed by atoms with Gasteiger partial charge in [0.15, 0.2) is 5.82 Å². The summed E-state index contributed by atoms with van der Waals surface area (Å²) in [6, 6.07) is 1.73. The number of carboxylic acid groups (broad SMARTS) is 1. The second kappa shape index (κ2) is 5.52. The van der Waals surface area contributed by atoms with Crippen molar-refractivity contribution in [3.8, 4) is 11.4 Å². The number of nitrogens with zero attached hydrogens (tertiary/aromatic N) is 6. The van der Waals surface area contributed by atoms with Crippen molar-refractivity contribution in [1.29, 1.82) is 0 Å². The molecule has 1 N–H and O–H groups in total. The molecular weight excluding hydrogens is 276 g/mol. The first-order chi connectivity index (χ1) is 10.2. The third-order valence-corrected chi connectivity index (χ3v) is 3.73. The summed E-state index contributed by atoms with van der Waals surface area (Å²) < 4.78 is 6.78. The molecule has 0 bridgehead atoms. The van der Waals surface area contributed by atoms with Gasteiger partial charge in [0.1, 0.15) is 0 Å². The van der Waals surface area contributed by atoms with Gasteiger partial charge >= 0.3 is 5.97 Å². The molecule has 0 radical (unpaired) electrons. The van der Waals surface area contributed by atoms with E-state index < -0.39 is 11.4 Å². The molecule has 3 rings (SSSR count). The molecule has 110 valence electrons. The highest BCUT2D eigenvalue weighted by atomic mass is 16.5. The molecule has 2 aromatic rings. The van der Waals surface area contributed by atoms with Crippen molar-refractivity contribution in [1.82, 2.24) is 30.4 Å². The van der Waals surface area contributed by atoms with Crippen LogP contribution in [0.15, 0.2) is 18.5 Å². The Hall–Kier alpha value is -2.42. The van der Waals surface area contributed by atoms with E-state index in [0.717, 1.165) is 0 Å². The fourth-order valence-electron chi connectivity index (χ4n) is 2.43. The third-order valence-electron chi connectivity index (χ3n) is 3.73. The number of aliphatic carboxylic acids is 1. The van der Waals surface area contributed by atoms with Crippen molar-refractivity contribution in [3.05, 3.63) is 18.5 Å². The second-order valence-electron chi connectivity index (χ2n) is 4.99. The molecular formula is C12H14N6O3. The van der Waals surface area contributed by atoms with Crippen LogP contribution in [0.25, 0.3) is 11.4 Å². The average Bonchev–Trinajstić information content (AvgIpc) is 2.97. The van der Waals surface area contributed by atoms with Crippen LogP contribution >= 0.6 is 0 Å². The maximum atomic E-state index is 11.7. The Labute approximate surface area is 119 Å². The minimum absolute atomic E-state index is 0.205. The molecule has 1 aliphatic rings. The van der Waals surface area contributed by atoms with Gasteiger partial charge in [-0.15, -0.1) is 5.10 Å². The van der Waals surface area contributed by atoms with E-state index in [9.17, 15) is 9.90 Å². The van der Waals surface area contributed by atoms with Crippen molar-refractivity contribution in [2.75, 3.05) is 13.2 Å². The van der Waals surface area contributed by atoms with Crippen molar-refractivity contribution in [2.45, 2.75) is 19.4 Å². The molecule has 21 heavy (non-hydrogen) atoms. The highest BCUT2D eigenvalue weighted by Gasteiger charge is 2.41. The molecule has 1 saturated heterocycles. The predicted molar refractivity (Wildman–Crippen MR) is 69.0 cm³/mol. The second-order valence-corrected chi connectivity index (χ2v) is 4.99. The molecule has 0 amide bonds. The van der Waals surface area contributed by atoms with E-state index in [0.29, 0.717) is 37.4 Å². The Balaban J connectivity index is 1.91. The van der Waals surface area contributed by atoms with Crippen molar-refractivity contribution in [3.63, 3.8) is 0 Å². The molecule has 0 aromatic carbocycles. The van der Waals surface area contributed by atoms with Crippen LogP contribution in [-0.4, -0.2) is 54.7 Å². The summed E-state index contributed by atoms with van der Waals surface area (Å²) in [4.78, 5) is 11.7. The van der Waals surface area contributed by atoms with Gasteiger partial charge in [-0.3, -0.25) is 4.79 Å². The zero-order valence-corrected chi connectivity index (χ0v) is 11.2. The van der Waals surface area contributed by atoms with Crippen LogP contribution in [0.1, 0.15) is 12.8 Å². The molecule has 0 atom stereocenters. The van der Waals surface area contributed by atoms with Crippen LogP contribution in [0.2, 0.25) is 0 Å². The van der Waals surface area contributed by atoms with Crippen LogP contribution in [0.4, 0.5) is 0 Å². The Kier molecular flexibility index (Phi) is 3.57. The maximum absolute atomic E-state index is 11.7. The van der Waals surface area contributed by atoms with Gasteiger partial charge in [0, 0.05) is 18.8 Å². The Morgan fingerprint density at radius 1 is 1.38 bits per heavy atom. The summed E-state index contributed by atoms with van der Waals surface area (Å²) in [5, 5.41) is 28.6. The minimum atomic E-state index is -0.900. The van der Waals surface area contributed by atoms with Crippen LogP contribution in [0, 0.1) is 5.41 Å². The van der Waals surface area contributed by atoms with Gasteiger partial charge in [-0.25, -0.2) is 4.68 Å². The van der Waals surface area contributed by atoms with Gasteiger partial charge < -0.3 is 9.84 Å². The third kappa shape index (κ3) is 2.59. The fraction of sp³-hybridized carbons (Fsp3) is 0.500. The van der Waals surface area contributed by atoms with Gasteiger partial charge in [-0.1, -0.05) is 0 Å². The Morgan fingerprint density at radius 2 is 2.19 bits per heavy atom. The van der Waals surface area contributed by atoms with Crippen molar-refractivity contribution in [2.24, 2.45) is 5.41 Å². The lowest BCUT2D eigenvalue weighted by Gasteiger charge is -2.32. The van der Waals surface area contributed by atoms with Crippen LogP contribution < -0.4 is 0 Å². The molecule has 9 heteroatoms. The highest BCUT2D eigenvalue weighted by Crippen LogP contribution is 2.33. The van der Waals surface area contributed by atoms with E-state index in [1.165, 1.54) is 10.9 Å².